The topological polar surface area (TPSA) is 72.2 Å². The fraction of sp³-hybridized carbons (Fsp3) is 0.267. The molecule has 1 N–H and O–H groups in total. The van der Waals surface area contributed by atoms with Crippen LogP contribution in [0.3, 0.4) is 0 Å². The third kappa shape index (κ3) is 2.22. The number of hydrogen-bond donors (Lipinski definition) is 1. The Morgan fingerprint density at radius 1 is 1.40 bits per heavy atom. The van der Waals surface area contributed by atoms with E-state index in [-0.39, 0.29) is 11.7 Å². The third-order valence-electron chi connectivity index (χ3n) is 3.35. The Balaban J connectivity index is 1.88. The number of pyridine rings is 1. The molecule has 3 rings (SSSR count). The Labute approximate surface area is 116 Å². The highest BCUT2D eigenvalue weighted by Crippen LogP contribution is 2.26. The summed E-state index contributed by atoms with van der Waals surface area (Å²) in [4.78, 5) is 28.3. The van der Waals surface area contributed by atoms with Gasteiger partial charge in [0.2, 0.25) is 0 Å². The number of amides is 1. The average Bonchev–Trinajstić information content (AvgIpc) is 2.84. The Bertz CT molecular complexity index is 688. The first-order chi connectivity index (χ1) is 9.65. The minimum atomic E-state index is -0.323. The quantitative estimate of drug-likeness (QED) is 0.910. The minimum Gasteiger partial charge on any atom is -0.468 e. The Morgan fingerprint density at radius 2 is 2.25 bits per heavy atom. The molecule has 102 valence electrons. The third-order valence-corrected chi connectivity index (χ3v) is 3.35. The van der Waals surface area contributed by atoms with Gasteiger partial charge in [0.1, 0.15) is 12.0 Å². The van der Waals surface area contributed by atoms with Crippen LogP contribution in [0.2, 0.25) is 0 Å². The van der Waals surface area contributed by atoms with Gasteiger partial charge in [0, 0.05) is 30.4 Å². The highest BCUT2D eigenvalue weighted by Gasteiger charge is 2.27. The molecule has 2 aromatic rings. The summed E-state index contributed by atoms with van der Waals surface area (Å²) in [5.74, 6) is 0.282. The maximum atomic E-state index is 12.3. The molecule has 5 heteroatoms. The SMILES string of the molecule is Cc1cc(NC(=O)c2coc3c2C(=O)CCC3)ccn1. The second-order valence-electron chi connectivity index (χ2n) is 4.86. The molecule has 0 aromatic carbocycles. The lowest BCUT2D eigenvalue weighted by Crippen LogP contribution is -2.17. The number of nitrogens with zero attached hydrogens (tertiary/aromatic N) is 1. The van der Waals surface area contributed by atoms with Gasteiger partial charge < -0.3 is 9.73 Å². The lowest BCUT2D eigenvalue weighted by molar-refractivity contribution is 0.0955. The maximum Gasteiger partial charge on any atom is 0.259 e. The Kier molecular flexibility index (Phi) is 3.10. The van der Waals surface area contributed by atoms with Crippen LogP contribution in [0.25, 0.3) is 0 Å². The van der Waals surface area contributed by atoms with Crippen LogP contribution in [0.1, 0.15) is 45.0 Å². The number of carbonyl (C=O) groups excluding carboxylic acids is 2. The summed E-state index contributed by atoms with van der Waals surface area (Å²) in [6, 6.07) is 3.48. The summed E-state index contributed by atoms with van der Waals surface area (Å²) in [6.07, 6.45) is 4.96. The molecule has 0 fully saturated rings. The van der Waals surface area contributed by atoms with E-state index in [2.05, 4.69) is 10.3 Å². The van der Waals surface area contributed by atoms with Gasteiger partial charge in [0.05, 0.1) is 11.1 Å². The number of ketones is 1. The number of aryl methyl sites for hydroxylation is 2. The molecule has 0 saturated heterocycles. The molecule has 0 radical (unpaired) electrons. The van der Waals surface area contributed by atoms with Crippen molar-refractivity contribution in [3.63, 3.8) is 0 Å². The fourth-order valence-corrected chi connectivity index (χ4v) is 2.41. The first-order valence-corrected chi connectivity index (χ1v) is 6.53. The summed E-state index contributed by atoms with van der Waals surface area (Å²) in [7, 11) is 0. The summed E-state index contributed by atoms with van der Waals surface area (Å²) >= 11 is 0. The number of fused-ring (bicyclic) bond motifs is 1. The van der Waals surface area contributed by atoms with Gasteiger partial charge in [-0.25, -0.2) is 0 Å². The van der Waals surface area contributed by atoms with Crippen molar-refractivity contribution in [1.29, 1.82) is 0 Å². The number of hydrogen-bond acceptors (Lipinski definition) is 4. The van der Waals surface area contributed by atoms with E-state index < -0.39 is 0 Å². The normalized spacial score (nSPS) is 13.9. The van der Waals surface area contributed by atoms with Crippen molar-refractivity contribution in [1.82, 2.24) is 4.98 Å². The Hall–Kier alpha value is -2.43. The molecular weight excluding hydrogens is 256 g/mol. The van der Waals surface area contributed by atoms with Crippen molar-refractivity contribution in [3.8, 4) is 0 Å². The molecule has 0 saturated carbocycles. The molecular formula is C15H14N2O3. The van der Waals surface area contributed by atoms with Crippen LogP contribution in [0.15, 0.2) is 29.0 Å². The molecule has 0 spiro atoms. The van der Waals surface area contributed by atoms with Crippen LogP contribution in [0, 0.1) is 6.92 Å². The van der Waals surface area contributed by atoms with Crippen LogP contribution in [-0.2, 0) is 6.42 Å². The molecule has 0 unspecified atom stereocenters. The van der Waals surface area contributed by atoms with Gasteiger partial charge in [0.25, 0.3) is 5.91 Å². The molecule has 2 aromatic heterocycles. The van der Waals surface area contributed by atoms with E-state index in [1.54, 1.807) is 18.3 Å². The highest BCUT2D eigenvalue weighted by atomic mass is 16.3. The number of aromatic nitrogens is 1. The maximum absolute atomic E-state index is 12.3. The number of anilines is 1. The van der Waals surface area contributed by atoms with Crippen LogP contribution in [0.4, 0.5) is 5.69 Å². The van der Waals surface area contributed by atoms with Crippen molar-refractivity contribution in [2.24, 2.45) is 0 Å². The number of rotatable bonds is 2. The van der Waals surface area contributed by atoms with Crippen molar-refractivity contribution in [3.05, 3.63) is 47.2 Å². The van der Waals surface area contributed by atoms with Gasteiger partial charge in [-0.2, -0.15) is 0 Å². The average molecular weight is 270 g/mol. The lowest BCUT2D eigenvalue weighted by Gasteiger charge is -2.10. The first kappa shape index (κ1) is 12.6. The van der Waals surface area contributed by atoms with E-state index >= 15 is 0 Å². The second kappa shape index (κ2) is 4.92. The standard InChI is InChI=1S/C15H14N2O3/c1-9-7-10(5-6-16-9)17-15(19)11-8-20-13-4-2-3-12(18)14(11)13/h5-8H,2-4H2,1H3,(H,16,17,19). The molecule has 0 atom stereocenters. The van der Waals surface area contributed by atoms with E-state index in [0.717, 1.165) is 12.1 Å². The molecule has 20 heavy (non-hydrogen) atoms. The summed E-state index contributed by atoms with van der Waals surface area (Å²) in [6.45, 7) is 1.85. The summed E-state index contributed by atoms with van der Waals surface area (Å²) in [5.41, 5.74) is 2.23. The van der Waals surface area contributed by atoms with Gasteiger partial charge in [-0.15, -0.1) is 0 Å². The number of carbonyl (C=O) groups is 2. The summed E-state index contributed by atoms with van der Waals surface area (Å²) < 4.78 is 5.35. The van der Waals surface area contributed by atoms with Crippen LogP contribution in [-0.4, -0.2) is 16.7 Å². The van der Waals surface area contributed by atoms with Crippen molar-refractivity contribution >= 4 is 17.4 Å². The minimum absolute atomic E-state index is 0.0175. The zero-order chi connectivity index (χ0) is 14.1. The van der Waals surface area contributed by atoms with Crippen molar-refractivity contribution in [2.45, 2.75) is 26.2 Å². The van der Waals surface area contributed by atoms with E-state index in [0.29, 0.717) is 35.4 Å². The molecule has 1 aliphatic rings. The van der Waals surface area contributed by atoms with Crippen molar-refractivity contribution < 1.29 is 14.0 Å². The van der Waals surface area contributed by atoms with Crippen LogP contribution in [0.5, 0.6) is 0 Å². The molecule has 5 nitrogen and oxygen atoms in total. The fourth-order valence-electron chi connectivity index (χ4n) is 2.41. The van der Waals surface area contributed by atoms with E-state index in [1.165, 1.54) is 6.26 Å². The predicted octanol–water partition coefficient (Wildman–Crippen LogP) is 2.75. The van der Waals surface area contributed by atoms with E-state index in [1.807, 2.05) is 6.92 Å². The Morgan fingerprint density at radius 3 is 3.05 bits per heavy atom. The van der Waals surface area contributed by atoms with Crippen LogP contribution >= 0.6 is 0 Å². The largest absolute Gasteiger partial charge is 0.468 e. The van der Waals surface area contributed by atoms with Crippen molar-refractivity contribution in [2.75, 3.05) is 5.32 Å². The predicted molar refractivity (Wildman–Crippen MR) is 72.9 cm³/mol. The number of nitrogens with one attached hydrogen (secondary N) is 1. The highest BCUT2D eigenvalue weighted by molar-refractivity contribution is 6.13. The van der Waals surface area contributed by atoms with Gasteiger partial charge in [-0.05, 0) is 25.5 Å². The molecule has 2 heterocycles. The van der Waals surface area contributed by atoms with E-state index in [9.17, 15) is 9.59 Å². The molecule has 0 bridgehead atoms. The van der Waals surface area contributed by atoms with Gasteiger partial charge in [-0.1, -0.05) is 0 Å². The van der Waals surface area contributed by atoms with Gasteiger partial charge in [-0.3, -0.25) is 14.6 Å². The van der Waals surface area contributed by atoms with E-state index in [4.69, 9.17) is 4.42 Å². The monoisotopic (exact) mass is 270 g/mol. The smallest absolute Gasteiger partial charge is 0.259 e. The lowest BCUT2D eigenvalue weighted by atomic mass is 9.94. The second-order valence-corrected chi connectivity index (χ2v) is 4.86. The number of Topliss-reactive ketones (excluding diaryl/α,β-unsaturated/α-hetero) is 1. The zero-order valence-electron chi connectivity index (χ0n) is 11.1. The number of furan rings is 1. The molecule has 0 aliphatic heterocycles. The molecule has 1 aliphatic carbocycles. The first-order valence-electron chi connectivity index (χ1n) is 6.53. The van der Waals surface area contributed by atoms with Gasteiger partial charge in [0.15, 0.2) is 5.78 Å². The zero-order valence-corrected chi connectivity index (χ0v) is 11.1. The summed E-state index contributed by atoms with van der Waals surface area (Å²) in [5, 5.41) is 2.76. The van der Waals surface area contributed by atoms with Crippen LogP contribution < -0.4 is 5.32 Å². The van der Waals surface area contributed by atoms with Gasteiger partial charge >= 0.3 is 0 Å². The molecule has 1 amide bonds.